The molecule has 0 radical (unpaired) electrons. The van der Waals surface area contributed by atoms with Gasteiger partial charge in [0.1, 0.15) is 0 Å². The Balaban J connectivity index is 1.99. The predicted molar refractivity (Wildman–Crippen MR) is 72.2 cm³/mol. The van der Waals surface area contributed by atoms with Gasteiger partial charge < -0.3 is 9.80 Å². The fourth-order valence-corrected chi connectivity index (χ4v) is 2.31. The molecule has 92 valence electrons. The molecule has 0 saturated carbocycles. The largest absolute Gasteiger partial charge is 0.336 e. The number of nitrogens with zero attached hydrogens (tertiary/aromatic N) is 2. The maximum Gasteiger partial charge on any atom is 0.253 e. The Labute approximate surface area is 111 Å². The van der Waals surface area contributed by atoms with E-state index >= 15 is 0 Å². The van der Waals surface area contributed by atoms with Gasteiger partial charge in [-0.25, -0.2) is 0 Å². The number of carbonyl (C=O) groups is 1. The second-order valence-electron chi connectivity index (χ2n) is 4.23. The minimum atomic E-state index is 0.147. The Bertz CT molecular complexity index is 383. The summed E-state index contributed by atoms with van der Waals surface area (Å²) in [6, 6.07) is 7.57. The zero-order valence-electron chi connectivity index (χ0n) is 10.0. The third-order valence-electron chi connectivity index (χ3n) is 3.20. The van der Waals surface area contributed by atoms with Gasteiger partial charge in [-0.1, -0.05) is 22.9 Å². The second-order valence-corrected chi connectivity index (χ2v) is 5.15. The molecule has 0 bridgehead atoms. The summed E-state index contributed by atoms with van der Waals surface area (Å²) >= 11 is 3.38. The molecule has 0 spiro atoms. The first-order chi connectivity index (χ1) is 8.20. The molecule has 0 unspecified atom stereocenters. The number of halogens is 1. The standard InChI is InChI=1S/C13H17BrN2O/c1-2-15-7-9-16(10-8-15)13(17)11-3-5-12(14)6-4-11/h3-6H,2,7-10H2,1H3. The van der Waals surface area contributed by atoms with Crippen LogP contribution in [0, 0.1) is 0 Å². The van der Waals surface area contributed by atoms with Crippen molar-refractivity contribution in [2.45, 2.75) is 6.92 Å². The van der Waals surface area contributed by atoms with E-state index in [1.165, 1.54) is 0 Å². The van der Waals surface area contributed by atoms with E-state index in [2.05, 4.69) is 27.8 Å². The smallest absolute Gasteiger partial charge is 0.253 e. The summed E-state index contributed by atoms with van der Waals surface area (Å²) in [7, 11) is 0. The Kier molecular flexibility index (Phi) is 4.18. The molecule has 0 atom stereocenters. The Morgan fingerprint density at radius 2 is 1.76 bits per heavy atom. The SMILES string of the molecule is CCN1CCN(C(=O)c2ccc(Br)cc2)CC1. The van der Waals surface area contributed by atoms with Crippen LogP contribution in [0.3, 0.4) is 0 Å². The summed E-state index contributed by atoms with van der Waals surface area (Å²) in [5.74, 6) is 0.147. The van der Waals surface area contributed by atoms with Crippen molar-refractivity contribution in [3.05, 3.63) is 34.3 Å². The van der Waals surface area contributed by atoms with Crippen molar-refractivity contribution in [3.8, 4) is 0 Å². The van der Waals surface area contributed by atoms with Gasteiger partial charge in [0.15, 0.2) is 0 Å². The number of amides is 1. The summed E-state index contributed by atoms with van der Waals surface area (Å²) in [5.41, 5.74) is 0.776. The summed E-state index contributed by atoms with van der Waals surface area (Å²) < 4.78 is 1.00. The van der Waals surface area contributed by atoms with Crippen LogP contribution in [0.15, 0.2) is 28.7 Å². The number of benzene rings is 1. The molecule has 1 amide bonds. The molecule has 1 aliphatic heterocycles. The highest BCUT2D eigenvalue weighted by atomic mass is 79.9. The number of piperazine rings is 1. The molecule has 1 saturated heterocycles. The number of carbonyl (C=O) groups excluding carboxylic acids is 1. The summed E-state index contributed by atoms with van der Waals surface area (Å²) in [6.07, 6.45) is 0. The Hall–Kier alpha value is -0.870. The predicted octanol–water partition coefficient (Wildman–Crippen LogP) is 2.23. The molecule has 0 aliphatic carbocycles. The van der Waals surface area contributed by atoms with Crippen LogP contribution in [-0.2, 0) is 0 Å². The van der Waals surface area contributed by atoms with Crippen LogP contribution in [0.2, 0.25) is 0 Å². The first kappa shape index (κ1) is 12.6. The lowest BCUT2D eigenvalue weighted by molar-refractivity contribution is 0.0643. The molecule has 1 fully saturated rings. The third-order valence-corrected chi connectivity index (χ3v) is 3.73. The monoisotopic (exact) mass is 296 g/mol. The lowest BCUT2D eigenvalue weighted by Crippen LogP contribution is -2.48. The molecular weight excluding hydrogens is 280 g/mol. The molecule has 4 heteroatoms. The maximum absolute atomic E-state index is 12.2. The van der Waals surface area contributed by atoms with Gasteiger partial charge in [0.05, 0.1) is 0 Å². The van der Waals surface area contributed by atoms with Crippen molar-refractivity contribution < 1.29 is 4.79 Å². The van der Waals surface area contributed by atoms with Crippen molar-refractivity contribution in [1.29, 1.82) is 0 Å². The lowest BCUT2D eigenvalue weighted by Gasteiger charge is -2.34. The first-order valence-corrected chi connectivity index (χ1v) is 6.77. The maximum atomic E-state index is 12.2. The van der Waals surface area contributed by atoms with E-state index < -0.39 is 0 Å². The molecule has 1 heterocycles. The minimum absolute atomic E-state index is 0.147. The van der Waals surface area contributed by atoms with Crippen LogP contribution in [0.25, 0.3) is 0 Å². The van der Waals surface area contributed by atoms with E-state index in [1.54, 1.807) is 0 Å². The van der Waals surface area contributed by atoms with Gasteiger partial charge in [-0.3, -0.25) is 4.79 Å². The fraction of sp³-hybridized carbons (Fsp3) is 0.462. The van der Waals surface area contributed by atoms with E-state index in [9.17, 15) is 4.79 Å². The molecule has 0 N–H and O–H groups in total. The number of hydrogen-bond acceptors (Lipinski definition) is 2. The average molecular weight is 297 g/mol. The van der Waals surface area contributed by atoms with E-state index in [0.29, 0.717) is 0 Å². The van der Waals surface area contributed by atoms with Crippen LogP contribution in [0.5, 0.6) is 0 Å². The molecular formula is C13H17BrN2O. The molecule has 0 aromatic heterocycles. The molecule has 1 aromatic carbocycles. The molecule has 1 aromatic rings. The zero-order chi connectivity index (χ0) is 12.3. The summed E-state index contributed by atoms with van der Waals surface area (Å²) in [5, 5.41) is 0. The Morgan fingerprint density at radius 1 is 1.18 bits per heavy atom. The minimum Gasteiger partial charge on any atom is -0.336 e. The normalized spacial score (nSPS) is 17.2. The van der Waals surface area contributed by atoms with Crippen LogP contribution in [0.1, 0.15) is 17.3 Å². The lowest BCUT2D eigenvalue weighted by atomic mass is 10.2. The number of rotatable bonds is 2. The first-order valence-electron chi connectivity index (χ1n) is 5.98. The molecule has 17 heavy (non-hydrogen) atoms. The van der Waals surface area contributed by atoms with E-state index in [4.69, 9.17) is 0 Å². The molecule has 3 nitrogen and oxygen atoms in total. The van der Waals surface area contributed by atoms with E-state index in [0.717, 1.165) is 42.8 Å². The van der Waals surface area contributed by atoms with Crippen molar-refractivity contribution in [2.24, 2.45) is 0 Å². The highest BCUT2D eigenvalue weighted by Gasteiger charge is 2.20. The second kappa shape index (κ2) is 5.65. The van der Waals surface area contributed by atoms with Gasteiger partial charge in [0.25, 0.3) is 5.91 Å². The highest BCUT2D eigenvalue weighted by Crippen LogP contribution is 2.13. The molecule has 1 aliphatic rings. The summed E-state index contributed by atoms with van der Waals surface area (Å²) in [6.45, 7) is 6.87. The van der Waals surface area contributed by atoms with Gasteiger partial charge in [0.2, 0.25) is 0 Å². The van der Waals surface area contributed by atoms with Crippen molar-refractivity contribution in [3.63, 3.8) is 0 Å². The van der Waals surface area contributed by atoms with Gasteiger partial charge >= 0.3 is 0 Å². The number of hydrogen-bond donors (Lipinski definition) is 0. The molecule has 2 rings (SSSR count). The van der Waals surface area contributed by atoms with Crippen LogP contribution in [0.4, 0.5) is 0 Å². The van der Waals surface area contributed by atoms with Gasteiger partial charge in [0, 0.05) is 36.2 Å². The van der Waals surface area contributed by atoms with Crippen LogP contribution >= 0.6 is 15.9 Å². The Morgan fingerprint density at radius 3 is 2.29 bits per heavy atom. The van der Waals surface area contributed by atoms with Crippen LogP contribution in [-0.4, -0.2) is 48.4 Å². The zero-order valence-corrected chi connectivity index (χ0v) is 11.6. The van der Waals surface area contributed by atoms with Crippen LogP contribution < -0.4 is 0 Å². The van der Waals surface area contributed by atoms with E-state index in [1.807, 2.05) is 29.2 Å². The highest BCUT2D eigenvalue weighted by molar-refractivity contribution is 9.10. The van der Waals surface area contributed by atoms with Gasteiger partial charge in [-0.05, 0) is 30.8 Å². The van der Waals surface area contributed by atoms with Crippen molar-refractivity contribution >= 4 is 21.8 Å². The quantitative estimate of drug-likeness (QED) is 0.836. The van der Waals surface area contributed by atoms with Crippen molar-refractivity contribution in [1.82, 2.24) is 9.80 Å². The number of likely N-dealkylation sites (N-methyl/N-ethyl adjacent to an activating group) is 1. The summed E-state index contributed by atoms with van der Waals surface area (Å²) in [4.78, 5) is 16.5. The average Bonchev–Trinajstić information content (AvgIpc) is 2.39. The van der Waals surface area contributed by atoms with Crippen molar-refractivity contribution in [2.75, 3.05) is 32.7 Å². The van der Waals surface area contributed by atoms with Gasteiger partial charge in [-0.15, -0.1) is 0 Å². The van der Waals surface area contributed by atoms with Gasteiger partial charge in [-0.2, -0.15) is 0 Å². The topological polar surface area (TPSA) is 23.6 Å². The van der Waals surface area contributed by atoms with E-state index in [-0.39, 0.29) is 5.91 Å². The third kappa shape index (κ3) is 3.07. The fourth-order valence-electron chi connectivity index (χ4n) is 2.04.